The first kappa shape index (κ1) is 14.9. The Morgan fingerprint density at radius 3 is 2.62 bits per heavy atom. The lowest BCUT2D eigenvalue weighted by molar-refractivity contribution is -0.139. The normalized spacial score (nSPS) is 11.2. The maximum atomic E-state index is 12.8. The van der Waals surface area contributed by atoms with Gasteiger partial charge in [0.25, 0.3) is 0 Å². The lowest BCUT2D eigenvalue weighted by Crippen LogP contribution is -2.12. The minimum atomic E-state index is -4.67. The highest BCUT2D eigenvalue weighted by molar-refractivity contribution is 6.32. The Morgan fingerprint density at radius 1 is 1.48 bits per heavy atom. The van der Waals surface area contributed by atoms with Crippen LogP contribution in [0.1, 0.15) is 11.1 Å². The molecule has 10 heteroatoms. The molecule has 0 unspecified atom stereocenters. The van der Waals surface area contributed by atoms with Crippen molar-refractivity contribution in [3.63, 3.8) is 0 Å². The first-order valence-corrected chi connectivity index (χ1v) is 5.73. The molecule has 110 valence electrons. The molecule has 0 saturated heterocycles. The molecule has 2 N–H and O–H groups in total. The van der Waals surface area contributed by atoms with E-state index in [2.05, 4.69) is 14.8 Å². The molecule has 0 aliphatic heterocycles. The third kappa shape index (κ3) is 2.57. The van der Waals surface area contributed by atoms with Crippen LogP contribution < -0.4 is 10.5 Å². The van der Waals surface area contributed by atoms with E-state index in [0.717, 1.165) is 18.0 Å². The fourth-order valence-corrected chi connectivity index (χ4v) is 1.81. The van der Waals surface area contributed by atoms with Crippen molar-refractivity contribution in [1.29, 1.82) is 5.26 Å². The van der Waals surface area contributed by atoms with Crippen molar-refractivity contribution in [3.8, 4) is 17.8 Å². The third-order valence-corrected chi connectivity index (χ3v) is 2.83. The zero-order valence-electron chi connectivity index (χ0n) is 10.4. The molecule has 2 heterocycles. The second kappa shape index (κ2) is 5.14. The number of nitrogens with two attached hydrogens (primary N) is 1. The van der Waals surface area contributed by atoms with Crippen molar-refractivity contribution in [3.05, 3.63) is 28.4 Å². The van der Waals surface area contributed by atoms with Crippen LogP contribution in [0.2, 0.25) is 5.02 Å². The number of halogens is 4. The zero-order valence-corrected chi connectivity index (χ0v) is 11.2. The number of hydrogen-bond donors (Lipinski definition) is 1. The molecule has 21 heavy (non-hydrogen) atoms. The predicted molar refractivity (Wildman–Crippen MR) is 67.1 cm³/mol. The number of pyridine rings is 1. The van der Waals surface area contributed by atoms with E-state index < -0.39 is 17.6 Å². The Hall–Kier alpha value is -2.47. The number of nitrogen functional groups attached to an aromatic ring is 1. The molecule has 6 nitrogen and oxygen atoms in total. The molecule has 0 aliphatic rings. The molecule has 0 radical (unpaired) electrons. The Bertz CT molecular complexity index is 735. The van der Waals surface area contributed by atoms with Crippen LogP contribution in [0.15, 0.2) is 12.3 Å². The van der Waals surface area contributed by atoms with E-state index in [4.69, 9.17) is 22.6 Å². The van der Waals surface area contributed by atoms with Crippen molar-refractivity contribution in [1.82, 2.24) is 14.8 Å². The fourth-order valence-electron chi connectivity index (χ4n) is 1.58. The monoisotopic (exact) mass is 317 g/mol. The maximum Gasteiger partial charge on any atom is 0.421 e. The number of anilines is 1. The summed E-state index contributed by atoms with van der Waals surface area (Å²) in [5.41, 5.74) is 4.57. The van der Waals surface area contributed by atoms with E-state index in [9.17, 15) is 13.2 Å². The summed E-state index contributed by atoms with van der Waals surface area (Å²) in [4.78, 5) is 3.67. The van der Waals surface area contributed by atoms with Crippen LogP contribution in [-0.2, 0) is 6.18 Å². The van der Waals surface area contributed by atoms with Gasteiger partial charge in [0.15, 0.2) is 5.82 Å². The minimum absolute atomic E-state index is 0.0479. The van der Waals surface area contributed by atoms with E-state index in [0.29, 0.717) is 6.07 Å². The minimum Gasteiger partial charge on any atom is -0.481 e. The molecular formula is C11H7ClF3N5O. The number of nitriles is 1. The van der Waals surface area contributed by atoms with Gasteiger partial charge in [-0.3, -0.25) is 0 Å². The van der Waals surface area contributed by atoms with E-state index in [-0.39, 0.29) is 22.2 Å². The summed E-state index contributed by atoms with van der Waals surface area (Å²) in [5.74, 6) is -0.926. The third-order valence-electron chi connectivity index (χ3n) is 2.55. The highest BCUT2D eigenvalue weighted by atomic mass is 35.5. The van der Waals surface area contributed by atoms with Gasteiger partial charge in [-0.2, -0.15) is 33.2 Å². The maximum absolute atomic E-state index is 12.8. The molecule has 0 aromatic carbocycles. The van der Waals surface area contributed by atoms with Crippen LogP contribution in [0.4, 0.5) is 19.0 Å². The highest BCUT2D eigenvalue weighted by Gasteiger charge is 2.36. The molecule has 0 fully saturated rings. The predicted octanol–water partition coefficient (Wildman–Crippen LogP) is 2.40. The Morgan fingerprint density at radius 2 is 2.14 bits per heavy atom. The molecule has 0 spiro atoms. The number of aromatic nitrogens is 3. The van der Waals surface area contributed by atoms with Crippen molar-refractivity contribution in [2.24, 2.45) is 0 Å². The van der Waals surface area contributed by atoms with Crippen molar-refractivity contribution in [2.75, 3.05) is 12.8 Å². The average Bonchev–Trinajstić information content (AvgIpc) is 2.78. The molecule has 0 saturated carbocycles. The Labute approximate surface area is 121 Å². The van der Waals surface area contributed by atoms with Gasteiger partial charge in [0, 0.05) is 0 Å². The van der Waals surface area contributed by atoms with Gasteiger partial charge in [-0.15, -0.1) is 0 Å². The summed E-state index contributed by atoms with van der Waals surface area (Å²) in [6, 6.07) is 2.44. The highest BCUT2D eigenvalue weighted by Crippen LogP contribution is 2.38. The number of rotatable bonds is 2. The second-order valence-electron chi connectivity index (χ2n) is 3.82. The van der Waals surface area contributed by atoms with Gasteiger partial charge in [-0.05, 0) is 6.07 Å². The second-order valence-corrected chi connectivity index (χ2v) is 4.22. The largest absolute Gasteiger partial charge is 0.481 e. The number of methoxy groups -OCH3 is 1. The Kier molecular flexibility index (Phi) is 3.65. The van der Waals surface area contributed by atoms with Crippen LogP contribution in [0.3, 0.4) is 0 Å². The first-order chi connectivity index (χ1) is 9.79. The van der Waals surface area contributed by atoms with E-state index in [1.807, 2.05) is 0 Å². The van der Waals surface area contributed by atoms with Gasteiger partial charge in [0.1, 0.15) is 23.0 Å². The molecule has 0 atom stereocenters. The van der Waals surface area contributed by atoms with Crippen LogP contribution >= 0.6 is 11.6 Å². The molecular weight excluding hydrogens is 311 g/mol. The van der Waals surface area contributed by atoms with Crippen molar-refractivity contribution >= 4 is 17.4 Å². The molecule has 2 rings (SSSR count). The molecule has 0 aliphatic carbocycles. The van der Waals surface area contributed by atoms with Gasteiger partial charge in [-0.1, -0.05) is 11.6 Å². The van der Waals surface area contributed by atoms with Gasteiger partial charge >= 0.3 is 6.18 Å². The molecule has 0 bridgehead atoms. The number of ether oxygens (including phenoxy) is 1. The van der Waals surface area contributed by atoms with Gasteiger partial charge in [0.05, 0.1) is 18.3 Å². The molecule has 2 aromatic heterocycles. The zero-order chi connectivity index (χ0) is 15.8. The lowest BCUT2D eigenvalue weighted by atomic mass is 10.2. The quantitative estimate of drug-likeness (QED) is 0.918. The van der Waals surface area contributed by atoms with Gasteiger partial charge in [0.2, 0.25) is 5.88 Å². The van der Waals surface area contributed by atoms with E-state index in [1.54, 1.807) is 6.07 Å². The molecule has 0 amide bonds. The topological polar surface area (TPSA) is 89.8 Å². The number of nitrogens with zero attached hydrogens (tertiary/aromatic N) is 4. The summed E-state index contributed by atoms with van der Waals surface area (Å²) in [5, 5.41) is 12.2. The smallest absolute Gasteiger partial charge is 0.421 e. The summed E-state index contributed by atoms with van der Waals surface area (Å²) >= 11 is 5.81. The molecule has 2 aromatic rings. The van der Waals surface area contributed by atoms with Gasteiger partial charge in [-0.25, -0.2) is 0 Å². The lowest BCUT2D eigenvalue weighted by Gasteiger charge is -2.14. The van der Waals surface area contributed by atoms with Crippen LogP contribution in [0.25, 0.3) is 5.82 Å². The first-order valence-electron chi connectivity index (χ1n) is 5.35. The standard InChI is InChI=1S/C11H7ClF3N5O/c1-21-10-6(11(13,14)15)2-7(12)9(19-10)20-8(17)5(3-16)4-18-20/h2,4H,17H2,1H3. The van der Waals surface area contributed by atoms with Crippen LogP contribution in [-0.4, -0.2) is 21.9 Å². The summed E-state index contributed by atoms with van der Waals surface area (Å²) in [6.07, 6.45) is -3.52. The SMILES string of the molecule is COc1nc(-n2ncc(C#N)c2N)c(Cl)cc1C(F)(F)F. The van der Waals surface area contributed by atoms with Crippen molar-refractivity contribution in [2.45, 2.75) is 6.18 Å². The average molecular weight is 318 g/mol. The number of alkyl halides is 3. The van der Waals surface area contributed by atoms with Crippen LogP contribution in [0, 0.1) is 11.3 Å². The summed E-state index contributed by atoms with van der Waals surface area (Å²) < 4.78 is 44.0. The fraction of sp³-hybridized carbons (Fsp3) is 0.182. The number of hydrogen-bond acceptors (Lipinski definition) is 5. The van der Waals surface area contributed by atoms with Gasteiger partial charge < -0.3 is 10.5 Å². The summed E-state index contributed by atoms with van der Waals surface area (Å²) in [7, 11) is 1.04. The van der Waals surface area contributed by atoms with Crippen molar-refractivity contribution < 1.29 is 17.9 Å². The van der Waals surface area contributed by atoms with Crippen LogP contribution in [0.5, 0.6) is 5.88 Å². The van der Waals surface area contributed by atoms with E-state index in [1.165, 1.54) is 0 Å². The summed E-state index contributed by atoms with van der Waals surface area (Å²) in [6.45, 7) is 0. The van der Waals surface area contributed by atoms with E-state index >= 15 is 0 Å². The Balaban J connectivity index is 2.66.